The van der Waals surface area contributed by atoms with Gasteiger partial charge < -0.3 is 5.32 Å². The molecule has 0 bridgehead atoms. The van der Waals surface area contributed by atoms with E-state index in [1.165, 1.54) is 32.2 Å². The van der Waals surface area contributed by atoms with Crippen molar-refractivity contribution in [3.63, 3.8) is 0 Å². The van der Waals surface area contributed by atoms with Crippen LogP contribution in [-0.2, 0) is 0 Å². The second-order valence-electron chi connectivity index (χ2n) is 6.85. The summed E-state index contributed by atoms with van der Waals surface area (Å²) in [7, 11) is 0. The van der Waals surface area contributed by atoms with E-state index in [0.717, 1.165) is 18.5 Å². The highest BCUT2D eigenvalue weighted by atomic mass is 15.3. The van der Waals surface area contributed by atoms with E-state index in [1.807, 2.05) is 0 Å². The maximum Gasteiger partial charge on any atom is 0.0306 e. The number of hydrogen-bond acceptors (Lipinski definition) is 2. The van der Waals surface area contributed by atoms with Crippen molar-refractivity contribution in [2.75, 3.05) is 13.1 Å². The van der Waals surface area contributed by atoms with Crippen molar-refractivity contribution >= 4 is 0 Å². The molecule has 0 aromatic rings. The van der Waals surface area contributed by atoms with Crippen LogP contribution in [0.3, 0.4) is 0 Å². The second-order valence-corrected chi connectivity index (χ2v) is 6.85. The molecule has 18 heavy (non-hydrogen) atoms. The molecule has 1 saturated heterocycles. The van der Waals surface area contributed by atoms with Gasteiger partial charge in [-0.1, -0.05) is 34.1 Å². The molecule has 1 N–H and O–H groups in total. The molecule has 0 aliphatic carbocycles. The zero-order chi connectivity index (χ0) is 13.8. The summed E-state index contributed by atoms with van der Waals surface area (Å²) in [6, 6.07) is 1.40. The van der Waals surface area contributed by atoms with Gasteiger partial charge in [0.05, 0.1) is 0 Å². The monoisotopic (exact) mass is 254 g/mol. The first-order chi connectivity index (χ1) is 8.42. The third-order valence-electron chi connectivity index (χ3n) is 4.64. The zero-order valence-electron chi connectivity index (χ0n) is 13.4. The van der Waals surface area contributed by atoms with Crippen molar-refractivity contribution in [2.45, 2.75) is 84.8 Å². The van der Waals surface area contributed by atoms with Crippen LogP contribution in [0, 0.1) is 5.92 Å². The lowest BCUT2D eigenvalue weighted by Gasteiger charge is -2.51. The first kappa shape index (κ1) is 16.0. The Morgan fingerprint density at radius 2 is 1.94 bits per heavy atom. The third kappa shape index (κ3) is 3.96. The van der Waals surface area contributed by atoms with Crippen LogP contribution in [0.2, 0.25) is 0 Å². The lowest BCUT2D eigenvalue weighted by atomic mass is 9.88. The summed E-state index contributed by atoms with van der Waals surface area (Å²) in [6.45, 7) is 16.5. The Labute approximate surface area is 115 Å². The number of nitrogens with one attached hydrogen (secondary N) is 1. The lowest BCUT2D eigenvalue weighted by molar-refractivity contribution is 0.00957. The molecule has 2 heteroatoms. The highest BCUT2D eigenvalue weighted by molar-refractivity contribution is 4.97. The van der Waals surface area contributed by atoms with Crippen molar-refractivity contribution in [3.8, 4) is 0 Å². The van der Waals surface area contributed by atoms with Gasteiger partial charge in [-0.2, -0.15) is 0 Å². The van der Waals surface area contributed by atoms with E-state index in [4.69, 9.17) is 0 Å². The molecule has 3 atom stereocenters. The van der Waals surface area contributed by atoms with E-state index in [0.29, 0.717) is 11.6 Å². The molecule has 0 spiro atoms. The van der Waals surface area contributed by atoms with Crippen LogP contribution in [0.25, 0.3) is 0 Å². The minimum absolute atomic E-state index is 0.349. The Balaban J connectivity index is 2.70. The summed E-state index contributed by atoms with van der Waals surface area (Å²) in [5.74, 6) is 0.789. The van der Waals surface area contributed by atoms with Gasteiger partial charge >= 0.3 is 0 Å². The number of hydrogen-bond donors (Lipinski definition) is 1. The Hall–Kier alpha value is -0.0800. The van der Waals surface area contributed by atoms with Gasteiger partial charge in [0.15, 0.2) is 0 Å². The van der Waals surface area contributed by atoms with Gasteiger partial charge in [0.2, 0.25) is 0 Å². The Morgan fingerprint density at radius 3 is 2.44 bits per heavy atom. The molecule has 0 aromatic carbocycles. The molecule has 2 nitrogen and oxygen atoms in total. The van der Waals surface area contributed by atoms with Gasteiger partial charge in [-0.15, -0.1) is 0 Å². The van der Waals surface area contributed by atoms with E-state index in [-0.39, 0.29) is 0 Å². The first-order valence-corrected chi connectivity index (χ1v) is 7.93. The molecule has 0 saturated carbocycles. The van der Waals surface area contributed by atoms with Gasteiger partial charge in [0.1, 0.15) is 0 Å². The highest BCUT2D eigenvalue weighted by Crippen LogP contribution is 2.28. The van der Waals surface area contributed by atoms with Crippen molar-refractivity contribution in [1.82, 2.24) is 10.2 Å². The van der Waals surface area contributed by atoms with Crippen molar-refractivity contribution < 1.29 is 0 Å². The predicted octanol–water partition coefficient (Wildman–Crippen LogP) is 3.66. The minimum Gasteiger partial charge on any atom is -0.311 e. The van der Waals surface area contributed by atoms with Crippen LogP contribution < -0.4 is 5.32 Å². The fourth-order valence-corrected chi connectivity index (χ4v) is 3.33. The SMILES string of the molecule is CCCC(C)N1CC(CC(C)C)NCC1(C)CC. The quantitative estimate of drug-likeness (QED) is 0.778. The number of piperazine rings is 1. The summed E-state index contributed by atoms with van der Waals surface area (Å²) in [5, 5.41) is 3.78. The van der Waals surface area contributed by atoms with Gasteiger partial charge in [0, 0.05) is 30.7 Å². The predicted molar refractivity (Wildman–Crippen MR) is 81.0 cm³/mol. The van der Waals surface area contributed by atoms with Crippen LogP contribution in [0.4, 0.5) is 0 Å². The minimum atomic E-state index is 0.349. The Morgan fingerprint density at radius 1 is 1.28 bits per heavy atom. The molecular weight excluding hydrogens is 220 g/mol. The number of rotatable bonds is 6. The second kappa shape index (κ2) is 6.91. The molecule has 1 fully saturated rings. The summed E-state index contributed by atoms with van der Waals surface area (Å²) in [6.07, 6.45) is 5.15. The van der Waals surface area contributed by atoms with E-state index < -0.39 is 0 Å². The average molecular weight is 254 g/mol. The summed E-state index contributed by atoms with van der Waals surface area (Å²) in [4.78, 5) is 2.78. The number of nitrogens with zero attached hydrogens (tertiary/aromatic N) is 1. The van der Waals surface area contributed by atoms with Crippen LogP contribution in [0.1, 0.15) is 67.2 Å². The summed E-state index contributed by atoms with van der Waals surface area (Å²) >= 11 is 0. The third-order valence-corrected chi connectivity index (χ3v) is 4.64. The summed E-state index contributed by atoms with van der Waals surface area (Å²) < 4.78 is 0. The molecule has 1 aliphatic rings. The van der Waals surface area contributed by atoms with Crippen molar-refractivity contribution in [3.05, 3.63) is 0 Å². The molecule has 108 valence electrons. The zero-order valence-corrected chi connectivity index (χ0v) is 13.4. The van der Waals surface area contributed by atoms with E-state index >= 15 is 0 Å². The molecule has 1 heterocycles. The Bertz CT molecular complexity index is 239. The molecule has 1 rings (SSSR count). The van der Waals surface area contributed by atoms with Crippen LogP contribution >= 0.6 is 0 Å². The van der Waals surface area contributed by atoms with Crippen molar-refractivity contribution in [1.29, 1.82) is 0 Å². The van der Waals surface area contributed by atoms with Crippen LogP contribution in [0.5, 0.6) is 0 Å². The fourth-order valence-electron chi connectivity index (χ4n) is 3.33. The van der Waals surface area contributed by atoms with Crippen molar-refractivity contribution in [2.24, 2.45) is 5.92 Å². The van der Waals surface area contributed by atoms with Crippen LogP contribution in [0.15, 0.2) is 0 Å². The van der Waals surface area contributed by atoms with E-state index in [2.05, 4.69) is 51.8 Å². The normalized spacial score (nSPS) is 31.8. The first-order valence-electron chi connectivity index (χ1n) is 7.93. The smallest absolute Gasteiger partial charge is 0.0306 e. The largest absolute Gasteiger partial charge is 0.311 e. The van der Waals surface area contributed by atoms with Crippen LogP contribution in [-0.4, -0.2) is 35.6 Å². The molecule has 0 radical (unpaired) electrons. The van der Waals surface area contributed by atoms with E-state index in [1.54, 1.807) is 0 Å². The fraction of sp³-hybridized carbons (Fsp3) is 1.00. The topological polar surface area (TPSA) is 15.3 Å². The standard InChI is InChI=1S/C16H34N2/c1-7-9-14(5)18-11-15(10-13(3)4)17-12-16(18,6)8-2/h13-15,17H,7-12H2,1-6H3. The van der Waals surface area contributed by atoms with Gasteiger partial charge in [0.25, 0.3) is 0 Å². The molecule has 0 amide bonds. The van der Waals surface area contributed by atoms with Gasteiger partial charge in [-0.05, 0) is 39.0 Å². The average Bonchev–Trinajstić information content (AvgIpc) is 2.31. The highest BCUT2D eigenvalue weighted by Gasteiger charge is 2.38. The Kier molecular flexibility index (Phi) is 6.13. The maximum atomic E-state index is 3.78. The molecular formula is C16H34N2. The molecule has 1 aliphatic heterocycles. The summed E-state index contributed by atoms with van der Waals surface area (Å²) in [5.41, 5.74) is 0.349. The lowest BCUT2D eigenvalue weighted by Crippen LogP contribution is -2.65. The maximum absolute atomic E-state index is 3.78. The molecule has 0 aromatic heterocycles. The van der Waals surface area contributed by atoms with Gasteiger partial charge in [-0.3, -0.25) is 4.90 Å². The van der Waals surface area contributed by atoms with Gasteiger partial charge in [-0.25, -0.2) is 0 Å². The van der Waals surface area contributed by atoms with E-state index in [9.17, 15) is 0 Å². The molecule has 3 unspecified atom stereocenters.